The van der Waals surface area contributed by atoms with E-state index >= 15 is 0 Å². The third-order valence-corrected chi connectivity index (χ3v) is 4.61. The molecule has 0 saturated heterocycles. The zero-order chi connectivity index (χ0) is 22.3. The van der Waals surface area contributed by atoms with Gasteiger partial charge in [-0.25, -0.2) is 4.79 Å². The van der Waals surface area contributed by atoms with Crippen molar-refractivity contribution in [1.82, 2.24) is 4.90 Å². The summed E-state index contributed by atoms with van der Waals surface area (Å²) < 4.78 is 15.4. The molecule has 1 aromatic carbocycles. The number of ether oxygens (including phenoxy) is 3. The molecule has 1 aliphatic heterocycles. The number of azo groups is 1. The van der Waals surface area contributed by atoms with Crippen LogP contribution in [0.15, 0.2) is 40.1 Å². The number of nitrogens with zero attached hydrogens (tertiary/aromatic N) is 3. The maximum Gasteiger partial charge on any atom is 0.366 e. The van der Waals surface area contributed by atoms with E-state index in [0.717, 1.165) is 0 Å². The number of hydrogen-bond donors (Lipinski definition) is 0. The molecule has 0 radical (unpaired) electrons. The van der Waals surface area contributed by atoms with E-state index in [4.69, 9.17) is 14.2 Å². The van der Waals surface area contributed by atoms with Gasteiger partial charge in [-0.05, 0) is 38.8 Å². The van der Waals surface area contributed by atoms with E-state index in [1.54, 1.807) is 32.0 Å². The van der Waals surface area contributed by atoms with Crippen LogP contribution in [0.2, 0.25) is 0 Å². The summed E-state index contributed by atoms with van der Waals surface area (Å²) in [4.78, 5) is 39.4. The molecule has 0 unspecified atom stereocenters. The number of methoxy groups -OCH3 is 1. The van der Waals surface area contributed by atoms with Crippen molar-refractivity contribution >= 4 is 23.5 Å². The largest absolute Gasteiger partial charge is 0.467 e. The molecule has 0 saturated carbocycles. The number of hydrogen-bond acceptors (Lipinski definition) is 8. The lowest BCUT2D eigenvalue weighted by atomic mass is 10.1. The lowest BCUT2D eigenvalue weighted by Crippen LogP contribution is -2.39. The Bertz CT molecular complexity index is 873. The highest BCUT2D eigenvalue weighted by molar-refractivity contribution is 6.23. The first-order valence-electron chi connectivity index (χ1n) is 9.95. The lowest BCUT2D eigenvalue weighted by molar-refractivity contribution is -0.139. The number of fused-ring (bicyclic) bond motifs is 1. The second kappa shape index (κ2) is 10.5. The van der Waals surface area contributed by atoms with Gasteiger partial charge in [0.1, 0.15) is 0 Å². The van der Waals surface area contributed by atoms with Gasteiger partial charge in [0.2, 0.25) is 0 Å². The molecule has 0 spiro atoms. The Morgan fingerprint density at radius 3 is 2.27 bits per heavy atom. The number of benzene rings is 1. The summed E-state index contributed by atoms with van der Waals surface area (Å²) in [5, 5.41) is 8.02. The summed E-state index contributed by atoms with van der Waals surface area (Å²) in [6, 6.07) is 4.55. The summed E-state index contributed by atoms with van der Waals surface area (Å²) in [5.74, 6) is -1.70. The van der Waals surface area contributed by atoms with Crippen molar-refractivity contribution in [1.29, 1.82) is 0 Å². The van der Waals surface area contributed by atoms with Gasteiger partial charge in [-0.2, -0.15) is 0 Å². The molecular weight excluding hydrogens is 390 g/mol. The third kappa shape index (κ3) is 4.50. The first-order chi connectivity index (χ1) is 14.4. The summed E-state index contributed by atoms with van der Waals surface area (Å²) in [7, 11) is 1.33. The van der Waals surface area contributed by atoms with Gasteiger partial charge >= 0.3 is 11.9 Å². The standard InChI is InChI=1S/C21H27N3O6/c1-6-13(7-2)24-18(25)14-11-10-12-15(16(14)19(24)26)22-23-17(20(27)29-8-3)21(28-5)30-9-4/h10-13H,6-9H2,1-5H3/b21-17+,23-22?. The molecule has 30 heavy (non-hydrogen) atoms. The molecule has 0 bridgehead atoms. The summed E-state index contributed by atoms with van der Waals surface area (Å²) in [6.07, 6.45) is 1.31. The minimum absolute atomic E-state index is 0.124. The molecule has 9 heteroatoms. The van der Waals surface area contributed by atoms with E-state index in [0.29, 0.717) is 12.8 Å². The van der Waals surface area contributed by atoms with Crippen molar-refractivity contribution in [2.24, 2.45) is 10.2 Å². The summed E-state index contributed by atoms with van der Waals surface area (Å²) in [6.45, 7) is 7.59. The van der Waals surface area contributed by atoms with E-state index < -0.39 is 11.9 Å². The highest BCUT2D eigenvalue weighted by atomic mass is 16.7. The first-order valence-corrected chi connectivity index (χ1v) is 9.95. The Labute approximate surface area is 175 Å². The van der Waals surface area contributed by atoms with Gasteiger partial charge in [-0.15, -0.1) is 10.2 Å². The molecule has 9 nitrogen and oxygen atoms in total. The molecule has 162 valence electrons. The Balaban J connectivity index is 2.50. The smallest absolute Gasteiger partial charge is 0.366 e. The van der Waals surface area contributed by atoms with Crippen LogP contribution in [0, 0.1) is 0 Å². The Morgan fingerprint density at radius 2 is 1.70 bits per heavy atom. The average Bonchev–Trinajstić information content (AvgIpc) is 3.00. The maximum atomic E-state index is 13.0. The summed E-state index contributed by atoms with van der Waals surface area (Å²) in [5.41, 5.74) is 0.332. The van der Waals surface area contributed by atoms with Crippen LogP contribution in [0.5, 0.6) is 0 Å². The van der Waals surface area contributed by atoms with Crippen LogP contribution in [-0.4, -0.2) is 49.0 Å². The fourth-order valence-electron chi connectivity index (χ4n) is 3.18. The maximum absolute atomic E-state index is 13.0. The first kappa shape index (κ1) is 23.1. The molecule has 2 rings (SSSR count). The molecule has 1 heterocycles. The number of carbonyl (C=O) groups is 3. The van der Waals surface area contributed by atoms with Crippen LogP contribution in [0.4, 0.5) is 5.69 Å². The van der Waals surface area contributed by atoms with E-state index in [1.807, 2.05) is 13.8 Å². The number of amides is 2. The Morgan fingerprint density at radius 1 is 1.03 bits per heavy atom. The molecule has 0 N–H and O–H groups in total. The van der Waals surface area contributed by atoms with Gasteiger partial charge in [0, 0.05) is 6.04 Å². The Hall–Kier alpha value is -3.23. The van der Waals surface area contributed by atoms with Crippen LogP contribution in [0.1, 0.15) is 61.3 Å². The van der Waals surface area contributed by atoms with E-state index in [-0.39, 0.29) is 53.6 Å². The molecule has 0 atom stereocenters. The zero-order valence-electron chi connectivity index (χ0n) is 17.9. The van der Waals surface area contributed by atoms with Gasteiger partial charge in [-0.1, -0.05) is 19.9 Å². The molecule has 1 aromatic rings. The average molecular weight is 417 g/mol. The second-order valence-corrected chi connectivity index (χ2v) is 6.34. The summed E-state index contributed by atoms with van der Waals surface area (Å²) >= 11 is 0. The molecule has 2 amide bonds. The SMILES string of the molecule is CCOC(=O)/C(N=Nc1cccc2c1C(=O)N(C(CC)CC)C2=O)=C(/OC)OCC. The normalized spacial score (nSPS) is 14.3. The van der Waals surface area contributed by atoms with E-state index in [9.17, 15) is 14.4 Å². The van der Waals surface area contributed by atoms with Crippen molar-refractivity contribution < 1.29 is 28.6 Å². The van der Waals surface area contributed by atoms with Gasteiger partial charge in [0.05, 0.1) is 37.1 Å². The van der Waals surface area contributed by atoms with Crippen molar-refractivity contribution in [3.63, 3.8) is 0 Å². The highest BCUT2D eigenvalue weighted by Gasteiger charge is 2.40. The van der Waals surface area contributed by atoms with Crippen LogP contribution in [-0.2, 0) is 19.0 Å². The number of carbonyl (C=O) groups excluding carboxylic acids is 3. The molecule has 1 aliphatic rings. The van der Waals surface area contributed by atoms with Crippen molar-refractivity contribution in [2.75, 3.05) is 20.3 Å². The van der Waals surface area contributed by atoms with Gasteiger partial charge in [0.25, 0.3) is 17.5 Å². The van der Waals surface area contributed by atoms with Crippen LogP contribution >= 0.6 is 0 Å². The highest BCUT2D eigenvalue weighted by Crippen LogP contribution is 2.34. The van der Waals surface area contributed by atoms with Gasteiger partial charge in [-0.3, -0.25) is 14.5 Å². The predicted octanol–water partition coefficient (Wildman–Crippen LogP) is 3.97. The monoisotopic (exact) mass is 417 g/mol. The van der Waals surface area contributed by atoms with E-state index in [2.05, 4.69) is 10.2 Å². The van der Waals surface area contributed by atoms with Crippen LogP contribution in [0.25, 0.3) is 0 Å². The van der Waals surface area contributed by atoms with Crippen molar-refractivity contribution in [3.8, 4) is 0 Å². The fourth-order valence-corrected chi connectivity index (χ4v) is 3.18. The minimum atomic E-state index is -0.778. The number of esters is 1. The van der Waals surface area contributed by atoms with Gasteiger partial charge in [0.15, 0.2) is 0 Å². The number of imide groups is 1. The van der Waals surface area contributed by atoms with Crippen LogP contribution in [0.3, 0.4) is 0 Å². The molecule has 0 aromatic heterocycles. The van der Waals surface area contributed by atoms with E-state index in [1.165, 1.54) is 12.0 Å². The van der Waals surface area contributed by atoms with Crippen molar-refractivity contribution in [2.45, 2.75) is 46.6 Å². The Kier molecular flexibility index (Phi) is 8.08. The number of rotatable bonds is 10. The minimum Gasteiger partial charge on any atom is -0.467 e. The van der Waals surface area contributed by atoms with Crippen LogP contribution < -0.4 is 0 Å². The molecule has 0 aliphatic carbocycles. The predicted molar refractivity (Wildman–Crippen MR) is 108 cm³/mol. The second-order valence-electron chi connectivity index (χ2n) is 6.34. The molecule has 0 fully saturated rings. The quantitative estimate of drug-likeness (QED) is 0.187. The topological polar surface area (TPSA) is 107 Å². The third-order valence-electron chi connectivity index (χ3n) is 4.61. The molecular formula is C21H27N3O6. The fraction of sp³-hybridized carbons (Fsp3) is 0.476. The van der Waals surface area contributed by atoms with Gasteiger partial charge < -0.3 is 14.2 Å². The lowest BCUT2D eigenvalue weighted by Gasteiger charge is -2.23. The van der Waals surface area contributed by atoms with Crippen molar-refractivity contribution in [3.05, 3.63) is 41.0 Å². The zero-order valence-corrected chi connectivity index (χ0v) is 17.9.